The topological polar surface area (TPSA) is 91.0 Å². The van der Waals surface area contributed by atoms with Gasteiger partial charge in [-0.15, -0.1) is 0 Å². The van der Waals surface area contributed by atoms with E-state index in [1.807, 2.05) is 31.2 Å². The quantitative estimate of drug-likeness (QED) is 0.749. The maximum atomic E-state index is 13.0. The second-order valence-electron chi connectivity index (χ2n) is 6.89. The van der Waals surface area contributed by atoms with Gasteiger partial charge in [0.15, 0.2) is 0 Å². The first kappa shape index (κ1) is 17.2. The van der Waals surface area contributed by atoms with Crippen LogP contribution in [0.5, 0.6) is 0 Å². The Morgan fingerprint density at radius 2 is 2.15 bits per heavy atom. The Hall–Kier alpha value is -3.22. The number of benzene rings is 1. The SMILES string of the molecule is Cc1cccnc1NC(=O)C1CCCN(C(=O)c2cccc3cn[nH]c23)C1. The summed E-state index contributed by atoms with van der Waals surface area (Å²) < 4.78 is 0. The molecule has 1 aromatic carbocycles. The third kappa shape index (κ3) is 3.40. The molecule has 0 radical (unpaired) electrons. The molecule has 2 aromatic heterocycles. The first-order valence-corrected chi connectivity index (χ1v) is 9.07. The average Bonchev–Trinajstić information content (AvgIpc) is 3.18. The van der Waals surface area contributed by atoms with Crippen LogP contribution in [0.15, 0.2) is 42.7 Å². The van der Waals surface area contributed by atoms with Crippen LogP contribution in [-0.2, 0) is 4.79 Å². The minimum Gasteiger partial charge on any atom is -0.338 e. The number of nitrogens with zero attached hydrogens (tertiary/aromatic N) is 3. The Morgan fingerprint density at radius 1 is 1.26 bits per heavy atom. The lowest BCUT2D eigenvalue weighted by molar-refractivity contribution is -0.121. The lowest BCUT2D eigenvalue weighted by Crippen LogP contribution is -2.44. The fraction of sp³-hybridized carbons (Fsp3) is 0.300. The predicted octanol–water partition coefficient (Wildman–Crippen LogP) is 2.76. The van der Waals surface area contributed by atoms with Crippen molar-refractivity contribution in [2.75, 3.05) is 18.4 Å². The van der Waals surface area contributed by atoms with Crippen molar-refractivity contribution in [2.45, 2.75) is 19.8 Å². The van der Waals surface area contributed by atoms with Crippen molar-refractivity contribution in [3.05, 3.63) is 53.9 Å². The standard InChI is InChI=1S/C20H21N5O2/c1-13-5-3-9-21-18(13)23-19(26)15-7-4-10-25(12-15)20(27)16-8-2-6-14-11-22-24-17(14)16/h2-3,5-6,8-9,11,15H,4,7,10,12H2,1H3,(H,22,24)(H,21,23,26). The third-order valence-corrected chi connectivity index (χ3v) is 5.04. The van der Waals surface area contributed by atoms with E-state index in [4.69, 9.17) is 0 Å². The Labute approximate surface area is 156 Å². The molecular formula is C20H21N5O2. The second-order valence-corrected chi connectivity index (χ2v) is 6.89. The molecule has 3 heterocycles. The number of para-hydroxylation sites is 1. The summed E-state index contributed by atoms with van der Waals surface area (Å²) in [5.74, 6) is 0.170. The molecule has 0 spiro atoms. The molecule has 1 fully saturated rings. The van der Waals surface area contributed by atoms with Gasteiger partial charge in [-0.05, 0) is 37.5 Å². The number of H-pyrrole nitrogens is 1. The highest BCUT2D eigenvalue weighted by Crippen LogP contribution is 2.23. The number of aromatic nitrogens is 3. The van der Waals surface area contributed by atoms with Crippen molar-refractivity contribution in [3.8, 4) is 0 Å². The molecule has 0 aliphatic carbocycles. The Bertz CT molecular complexity index is 997. The summed E-state index contributed by atoms with van der Waals surface area (Å²) in [5.41, 5.74) is 2.24. The van der Waals surface area contributed by atoms with Crippen LogP contribution in [-0.4, -0.2) is 45.0 Å². The maximum Gasteiger partial charge on any atom is 0.256 e. The molecule has 0 bridgehead atoms. The maximum absolute atomic E-state index is 13.0. The number of anilines is 1. The number of hydrogen-bond donors (Lipinski definition) is 2. The zero-order chi connectivity index (χ0) is 18.8. The normalized spacial score (nSPS) is 17.1. The van der Waals surface area contributed by atoms with Crippen molar-refractivity contribution in [2.24, 2.45) is 5.92 Å². The number of aryl methyl sites for hydroxylation is 1. The molecule has 1 aliphatic heterocycles. The second kappa shape index (κ2) is 7.19. The highest BCUT2D eigenvalue weighted by atomic mass is 16.2. The van der Waals surface area contributed by atoms with Gasteiger partial charge in [-0.25, -0.2) is 4.98 Å². The fourth-order valence-corrected chi connectivity index (χ4v) is 3.53. The van der Waals surface area contributed by atoms with Crippen LogP contribution in [0.25, 0.3) is 10.9 Å². The summed E-state index contributed by atoms with van der Waals surface area (Å²) in [4.78, 5) is 31.7. The minimum absolute atomic E-state index is 0.0728. The molecule has 1 aliphatic rings. The monoisotopic (exact) mass is 363 g/mol. The highest BCUT2D eigenvalue weighted by Gasteiger charge is 2.30. The first-order chi connectivity index (χ1) is 13.1. The van der Waals surface area contributed by atoms with Crippen molar-refractivity contribution in [1.82, 2.24) is 20.1 Å². The van der Waals surface area contributed by atoms with Crippen molar-refractivity contribution in [3.63, 3.8) is 0 Å². The van der Waals surface area contributed by atoms with Gasteiger partial charge in [-0.2, -0.15) is 5.10 Å². The summed E-state index contributed by atoms with van der Waals surface area (Å²) in [6.07, 6.45) is 4.91. The number of aromatic amines is 1. The van der Waals surface area contributed by atoms with E-state index in [1.54, 1.807) is 23.4 Å². The van der Waals surface area contributed by atoms with Gasteiger partial charge in [-0.3, -0.25) is 14.7 Å². The third-order valence-electron chi connectivity index (χ3n) is 5.04. The zero-order valence-electron chi connectivity index (χ0n) is 15.1. The lowest BCUT2D eigenvalue weighted by Gasteiger charge is -2.32. The molecule has 1 unspecified atom stereocenters. The number of amides is 2. The Balaban J connectivity index is 1.49. The van der Waals surface area contributed by atoms with Crippen molar-refractivity contribution in [1.29, 1.82) is 0 Å². The number of nitrogens with one attached hydrogen (secondary N) is 2. The number of likely N-dealkylation sites (tertiary alicyclic amines) is 1. The van der Waals surface area contributed by atoms with Crippen LogP contribution >= 0.6 is 0 Å². The van der Waals surface area contributed by atoms with E-state index < -0.39 is 0 Å². The van der Waals surface area contributed by atoms with Crippen molar-refractivity contribution < 1.29 is 9.59 Å². The van der Waals surface area contributed by atoms with E-state index in [1.165, 1.54) is 0 Å². The Kier molecular flexibility index (Phi) is 4.58. The molecule has 7 nitrogen and oxygen atoms in total. The molecule has 138 valence electrons. The van der Waals surface area contributed by atoms with Gasteiger partial charge in [0.25, 0.3) is 5.91 Å². The fourth-order valence-electron chi connectivity index (χ4n) is 3.53. The molecular weight excluding hydrogens is 342 g/mol. The van der Waals surface area contributed by atoms with Gasteiger partial charge in [0.05, 0.1) is 23.2 Å². The molecule has 27 heavy (non-hydrogen) atoms. The first-order valence-electron chi connectivity index (χ1n) is 9.07. The van der Waals surface area contributed by atoms with Gasteiger partial charge >= 0.3 is 0 Å². The Morgan fingerprint density at radius 3 is 3.00 bits per heavy atom. The summed E-state index contributed by atoms with van der Waals surface area (Å²) in [6.45, 7) is 2.96. The molecule has 1 atom stereocenters. The smallest absolute Gasteiger partial charge is 0.256 e. The molecule has 4 rings (SSSR count). The summed E-state index contributed by atoms with van der Waals surface area (Å²) in [7, 11) is 0. The minimum atomic E-state index is -0.245. The van der Waals surface area contributed by atoms with Gasteiger partial charge in [0.2, 0.25) is 5.91 Å². The number of rotatable bonds is 3. The largest absolute Gasteiger partial charge is 0.338 e. The van der Waals surface area contributed by atoms with E-state index in [2.05, 4.69) is 20.5 Å². The van der Waals surface area contributed by atoms with E-state index in [-0.39, 0.29) is 17.7 Å². The van der Waals surface area contributed by atoms with Crippen LogP contribution in [0.1, 0.15) is 28.8 Å². The van der Waals surface area contributed by atoms with Crippen LogP contribution < -0.4 is 5.32 Å². The molecule has 2 amide bonds. The van der Waals surface area contributed by atoms with E-state index in [9.17, 15) is 9.59 Å². The zero-order valence-corrected chi connectivity index (χ0v) is 15.1. The number of carbonyl (C=O) groups is 2. The van der Waals surface area contributed by atoms with Gasteiger partial charge in [0, 0.05) is 24.7 Å². The molecule has 1 saturated heterocycles. The van der Waals surface area contributed by atoms with Crippen LogP contribution in [0.3, 0.4) is 0 Å². The van der Waals surface area contributed by atoms with E-state index >= 15 is 0 Å². The summed E-state index contributed by atoms with van der Waals surface area (Å²) in [6, 6.07) is 9.30. The molecule has 7 heteroatoms. The number of hydrogen-bond acceptors (Lipinski definition) is 4. The van der Waals surface area contributed by atoms with Gasteiger partial charge < -0.3 is 10.2 Å². The van der Waals surface area contributed by atoms with E-state index in [0.717, 1.165) is 29.3 Å². The van der Waals surface area contributed by atoms with Crippen LogP contribution in [0, 0.1) is 12.8 Å². The summed E-state index contributed by atoms with van der Waals surface area (Å²) >= 11 is 0. The highest BCUT2D eigenvalue weighted by molar-refractivity contribution is 6.05. The lowest BCUT2D eigenvalue weighted by atomic mass is 9.96. The van der Waals surface area contributed by atoms with Crippen LogP contribution in [0.2, 0.25) is 0 Å². The number of pyridine rings is 1. The molecule has 3 aromatic rings. The van der Waals surface area contributed by atoms with Crippen LogP contribution in [0.4, 0.5) is 5.82 Å². The van der Waals surface area contributed by atoms with Gasteiger partial charge in [-0.1, -0.05) is 18.2 Å². The number of carbonyl (C=O) groups excluding carboxylic acids is 2. The van der Waals surface area contributed by atoms with Crippen molar-refractivity contribution >= 4 is 28.5 Å². The predicted molar refractivity (Wildman–Crippen MR) is 102 cm³/mol. The summed E-state index contributed by atoms with van der Waals surface area (Å²) in [5, 5.41) is 10.7. The number of fused-ring (bicyclic) bond motifs is 1. The molecule has 2 N–H and O–H groups in total. The van der Waals surface area contributed by atoms with E-state index in [0.29, 0.717) is 24.5 Å². The number of piperidine rings is 1. The molecule has 0 saturated carbocycles. The average molecular weight is 363 g/mol. The van der Waals surface area contributed by atoms with Gasteiger partial charge in [0.1, 0.15) is 5.82 Å².